The molecular weight excluding hydrogens is 639 g/mol. The molecule has 0 heterocycles. The first kappa shape index (κ1) is 32.3. The van der Waals surface area contributed by atoms with Crippen LogP contribution in [0.4, 0.5) is 17.1 Å². The highest BCUT2D eigenvalue weighted by Crippen LogP contribution is 2.57. The zero-order chi connectivity index (χ0) is 36.7. The van der Waals surface area contributed by atoms with Crippen molar-refractivity contribution in [1.29, 1.82) is 0 Å². The number of rotatable bonds is 3. The highest BCUT2D eigenvalue weighted by Gasteiger charge is 2.46. The van der Waals surface area contributed by atoms with E-state index in [1.165, 1.54) is 94.6 Å². The topological polar surface area (TPSA) is 3.24 Å². The Bertz CT molecular complexity index is 2680. The van der Waals surface area contributed by atoms with Crippen LogP contribution in [0.5, 0.6) is 0 Å². The van der Waals surface area contributed by atoms with E-state index >= 15 is 0 Å². The Balaban J connectivity index is 1.23. The summed E-state index contributed by atoms with van der Waals surface area (Å²) in [6.45, 7) is 19.3. The highest BCUT2D eigenvalue weighted by atomic mass is 15.1. The second-order valence-corrected chi connectivity index (χ2v) is 17.8. The molecule has 0 aliphatic heterocycles. The molecule has 0 unspecified atom stereocenters. The Morgan fingerprint density at radius 2 is 0.755 bits per heavy atom. The van der Waals surface area contributed by atoms with E-state index in [0.717, 1.165) is 0 Å². The molecular formula is C52H47N. The number of nitrogens with zero attached hydrogens (tertiary/aromatic N) is 1. The monoisotopic (exact) mass is 685 g/mol. The van der Waals surface area contributed by atoms with Crippen molar-refractivity contribution in [3.8, 4) is 33.4 Å². The van der Waals surface area contributed by atoms with Gasteiger partial charge < -0.3 is 4.90 Å². The van der Waals surface area contributed by atoms with Crippen molar-refractivity contribution < 1.29 is 0 Å². The van der Waals surface area contributed by atoms with Gasteiger partial charge in [-0.05, 0) is 125 Å². The molecule has 0 saturated heterocycles. The van der Waals surface area contributed by atoms with Gasteiger partial charge in [0.25, 0.3) is 0 Å². The summed E-state index contributed by atoms with van der Waals surface area (Å²) in [5, 5.41) is 2.61. The molecule has 0 aromatic heterocycles. The Hall–Kier alpha value is -5.40. The molecule has 0 radical (unpaired) electrons. The summed E-state index contributed by atoms with van der Waals surface area (Å²) in [5.41, 5.74) is 19.8. The minimum atomic E-state index is -0.104. The van der Waals surface area contributed by atoms with Gasteiger partial charge in [-0.3, -0.25) is 0 Å². The summed E-state index contributed by atoms with van der Waals surface area (Å²) < 4.78 is 0. The van der Waals surface area contributed by atoms with Crippen molar-refractivity contribution in [2.75, 3.05) is 4.90 Å². The predicted molar refractivity (Wildman–Crippen MR) is 225 cm³/mol. The lowest BCUT2D eigenvalue weighted by atomic mass is 9.55. The first-order chi connectivity index (χ1) is 25.3. The first-order valence-electron chi connectivity index (χ1n) is 19.3. The van der Waals surface area contributed by atoms with Gasteiger partial charge in [-0.2, -0.15) is 0 Å². The van der Waals surface area contributed by atoms with Gasteiger partial charge in [-0.1, -0.05) is 159 Å². The molecule has 1 nitrogen and oxygen atoms in total. The van der Waals surface area contributed by atoms with Crippen molar-refractivity contribution in [2.24, 2.45) is 0 Å². The maximum absolute atomic E-state index is 2.52. The van der Waals surface area contributed by atoms with Gasteiger partial charge in [0.2, 0.25) is 0 Å². The van der Waals surface area contributed by atoms with Crippen molar-refractivity contribution in [2.45, 2.75) is 77.0 Å². The van der Waals surface area contributed by atoms with Gasteiger partial charge in [-0.15, -0.1) is 0 Å². The number of anilines is 3. The maximum atomic E-state index is 2.52. The molecule has 7 aromatic rings. The average molecular weight is 686 g/mol. The van der Waals surface area contributed by atoms with Crippen LogP contribution in [0.15, 0.2) is 140 Å². The summed E-state index contributed by atoms with van der Waals surface area (Å²) in [6, 6.07) is 53.2. The Labute approximate surface area is 315 Å². The largest absolute Gasteiger partial charge is 0.310 e. The lowest BCUT2D eigenvalue weighted by Gasteiger charge is -2.48. The third-order valence-electron chi connectivity index (χ3n) is 14.0. The molecule has 0 N–H and O–H groups in total. The molecule has 53 heavy (non-hydrogen) atoms. The molecule has 10 rings (SSSR count). The second-order valence-electron chi connectivity index (χ2n) is 17.8. The van der Waals surface area contributed by atoms with E-state index in [2.05, 4.69) is 200 Å². The van der Waals surface area contributed by atoms with E-state index in [-0.39, 0.29) is 21.7 Å². The summed E-state index contributed by atoms with van der Waals surface area (Å²) in [5.74, 6) is 0. The van der Waals surface area contributed by atoms with Crippen LogP contribution in [-0.4, -0.2) is 0 Å². The maximum Gasteiger partial charge on any atom is 0.0468 e. The van der Waals surface area contributed by atoms with Crippen LogP contribution in [0.2, 0.25) is 0 Å². The molecule has 260 valence electrons. The van der Waals surface area contributed by atoms with Crippen LogP contribution >= 0.6 is 0 Å². The zero-order valence-electron chi connectivity index (χ0n) is 32.2. The van der Waals surface area contributed by atoms with Crippen LogP contribution in [-0.2, 0) is 21.7 Å². The second kappa shape index (κ2) is 10.6. The van der Waals surface area contributed by atoms with Crippen LogP contribution in [0.1, 0.15) is 88.8 Å². The van der Waals surface area contributed by atoms with E-state index < -0.39 is 0 Å². The van der Waals surface area contributed by atoms with Crippen LogP contribution in [0.3, 0.4) is 0 Å². The summed E-state index contributed by atoms with van der Waals surface area (Å²) in [4.78, 5) is 2.52. The number of benzene rings is 7. The lowest BCUT2D eigenvalue weighted by Crippen LogP contribution is -2.43. The van der Waals surface area contributed by atoms with Gasteiger partial charge in [0.1, 0.15) is 0 Å². The van der Waals surface area contributed by atoms with Crippen LogP contribution in [0.25, 0.3) is 44.2 Å². The fourth-order valence-electron chi connectivity index (χ4n) is 10.4. The Kier molecular flexibility index (Phi) is 6.45. The molecule has 0 spiro atoms. The molecule has 3 aliphatic rings. The van der Waals surface area contributed by atoms with E-state index in [1.807, 2.05) is 0 Å². The molecule has 0 saturated carbocycles. The van der Waals surface area contributed by atoms with Crippen molar-refractivity contribution in [3.05, 3.63) is 173 Å². The minimum Gasteiger partial charge on any atom is -0.310 e. The zero-order valence-corrected chi connectivity index (χ0v) is 32.2. The van der Waals surface area contributed by atoms with Gasteiger partial charge in [-0.25, -0.2) is 0 Å². The van der Waals surface area contributed by atoms with Gasteiger partial charge in [0, 0.05) is 27.9 Å². The SMILES string of the molecule is CC1(C)c2ccccc2-c2ccc(N(c3ccc4c(c3)C(C)(C)C(C)(C)c3ccccc3-4)c3ccc4ccc5c(c4c3)C(C)(C)c3ccccc3-5)cc21. The van der Waals surface area contributed by atoms with Gasteiger partial charge >= 0.3 is 0 Å². The summed E-state index contributed by atoms with van der Waals surface area (Å²) >= 11 is 0. The van der Waals surface area contributed by atoms with E-state index in [1.54, 1.807) is 0 Å². The Morgan fingerprint density at radius 1 is 0.340 bits per heavy atom. The molecule has 0 amide bonds. The van der Waals surface area contributed by atoms with E-state index in [4.69, 9.17) is 0 Å². The smallest absolute Gasteiger partial charge is 0.0468 e. The van der Waals surface area contributed by atoms with Crippen molar-refractivity contribution >= 4 is 27.8 Å². The normalized spacial score (nSPS) is 17.3. The summed E-state index contributed by atoms with van der Waals surface area (Å²) in [6.07, 6.45) is 0. The van der Waals surface area contributed by atoms with Crippen molar-refractivity contribution in [3.63, 3.8) is 0 Å². The third kappa shape index (κ3) is 4.20. The number of fused-ring (bicyclic) bond motifs is 11. The molecule has 7 aromatic carbocycles. The molecule has 3 aliphatic carbocycles. The minimum absolute atomic E-state index is 0.0481. The van der Waals surface area contributed by atoms with Crippen molar-refractivity contribution in [1.82, 2.24) is 0 Å². The highest BCUT2D eigenvalue weighted by molar-refractivity contribution is 6.00. The van der Waals surface area contributed by atoms with Gasteiger partial charge in [0.15, 0.2) is 0 Å². The molecule has 0 atom stereocenters. The molecule has 1 heteroatoms. The number of hydrogen-bond donors (Lipinski definition) is 0. The first-order valence-corrected chi connectivity index (χ1v) is 19.3. The Morgan fingerprint density at radius 3 is 1.42 bits per heavy atom. The molecule has 0 fully saturated rings. The lowest BCUT2D eigenvalue weighted by molar-refractivity contribution is 0.299. The van der Waals surface area contributed by atoms with E-state index in [0.29, 0.717) is 0 Å². The number of hydrogen-bond acceptors (Lipinski definition) is 1. The summed E-state index contributed by atoms with van der Waals surface area (Å²) in [7, 11) is 0. The van der Waals surface area contributed by atoms with Crippen LogP contribution < -0.4 is 4.90 Å². The predicted octanol–water partition coefficient (Wildman–Crippen LogP) is 14.2. The van der Waals surface area contributed by atoms with Gasteiger partial charge in [0.05, 0.1) is 0 Å². The fraction of sp³-hybridized carbons (Fsp3) is 0.231. The van der Waals surface area contributed by atoms with E-state index in [9.17, 15) is 0 Å². The molecule has 0 bridgehead atoms. The van der Waals surface area contributed by atoms with Crippen LogP contribution in [0, 0.1) is 0 Å². The average Bonchev–Trinajstić information content (AvgIpc) is 3.54. The quantitative estimate of drug-likeness (QED) is 0.179. The standard InChI is InChI=1S/C52H47N/c1-49(2)43-18-12-9-15-36(43)39-27-24-34(30-46(39)49)53(35-25-28-40-37-16-11-14-20-45(37)51(5,6)52(7,8)47(40)31-35)33-23-21-32-22-26-41-38-17-10-13-19-44(38)50(3,4)48(41)42(32)29-33/h9-31H,1-8H3. The fourth-order valence-corrected chi connectivity index (χ4v) is 10.4. The third-order valence-corrected chi connectivity index (χ3v) is 14.0.